The second-order valence-corrected chi connectivity index (χ2v) is 5.03. The Bertz CT molecular complexity index is 235. The third-order valence-electron chi connectivity index (χ3n) is 3.74. The number of carbonyl (C=O) groups excluding carboxylic acids is 1. The summed E-state index contributed by atoms with van der Waals surface area (Å²) in [5.41, 5.74) is 0.0413. The molecule has 0 spiro atoms. The van der Waals surface area contributed by atoms with Crippen molar-refractivity contribution in [3.05, 3.63) is 0 Å². The molecule has 0 bridgehead atoms. The number of carbonyl (C=O) groups is 1. The first-order valence-electron chi connectivity index (χ1n) is 6.28. The van der Waals surface area contributed by atoms with Crippen LogP contribution in [0.1, 0.15) is 45.4 Å². The summed E-state index contributed by atoms with van der Waals surface area (Å²) in [6.45, 7) is 4.26. The second-order valence-electron chi connectivity index (χ2n) is 5.03. The summed E-state index contributed by atoms with van der Waals surface area (Å²) < 4.78 is 0. The summed E-state index contributed by atoms with van der Waals surface area (Å²) in [6, 6.07) is 0.424. The van der Waals surface area contributed by atoms with Crippen molar-refractivity contribution in [2.75, 3.05) is 13.1 Å². The summed E-state index contributed by atoms with van der Waals surface area (Å²) in [4.78, 5) is 12.1. The van der Waals surface area contributed by atoms with Crippen molar-refractivity contribution >= 4 is 18.3 Å². The quantitative estimate of drug-likeness (QED) is 0.795. The third-order valence-corrected chi connectivity index (χ3v) is 3.74. The van der Waals surface area contributed by atoms with Crippen LogP contribution in [0.25, 0.3) is 0 Å². The fraction of sp³-hybridized carbons (Fsp3) is 0.917. The fourth-order valence-corrected chi connectivity index (χ4v) is 2.52. The fourth-order valence-electron chi connectivity index (χ4n) is 2.52. The highest BCUT2D eigenvalue weighted by Gasteiger charge is 2.48. The predicted molar refractivity (Wildman–Crippen MR) is 67.9 cm³/mol. The SMILES string of the molecule is CCCC1(C(=O)NC2CCNCC2)CC1.Cl. The van der Waals surface area contributed by atoms with Crippen molar-refractivity contribution in [2.24, 2.45) is 5.41 Å². The molecule has 1 amide bonds. The van der Waals surface area contributed by atoms with Crippen LogP contribution in [0.5, 0.6) is 0 Å². The summed E-state index contributed by atoms with van der Waals surface area (Å²) in [5.74, 6) is 0.330. The highest BCUT2D eigenvalue weighted by molar-refractivity contribution is 5.85. The monoisotopic (exact) mass is 246 g/mol. The molecule has 94 valence electrons. The molecule has 3 nitrogen and oxygen atoms in total. The number of hydrogen-bond donors (Lipinski definition) is 2. The standard InChI is InChI=1S/C12H22N2O.ClH/c1-2-5-12(6-7-12)11(15)14-10-3-8-13-9-4-10;/h10,13H,2-9H2,1H3,(H,14,15);1H. The van der Waals surface area contributed by atoms with Crippen LogP contribution in [0.2, 0.25) is 0 Å². The van der Waals surface area contributed by atoms with Gasteiger partial charge in [-0.25, -0.2) is 0 Å². The molecule has 4 heteroatoms. The molecule has 2 fully saturated rings. The highest BCUT2D eigenvalue weighted by atomic mass is 35.5. The summed E-state index contributed by atoms with van der Waals surface area (Å²) in [7, 11) is 0. The molecule has 1 aliphatic heterocycles. The molecule has 0 aromatic carbocycles. The van der Waals surface area contributed by atoms with Gasteiger partial charge in [-0.1, -0.05) is 13.3 Å². The van der Waals surface area contributed by atoms with Gasteiger partial charge in [0.2, 0.25) is 5.91 Å². The molecule has 2 rings (SSSR count). The van der Waals surface area contributed by atoms with Gasteiger partial charge < -0.3 is 10.6 Å². The van der Waals surface area contributed by atoms with Crippen LogP contribution < -0.4 is 10.6 Å². The average molecular weight is 247 g/mol. The molecule has 0 radical (unpaired) electrons. The van der Waals surface area contributed by atoms with E-state index in [-0.39, 0.29) is 17.8 Å². The Balaban J connectivity index is 0.00000128. The van der Waals surface area contributed by atoms with Crippen LogP contribution >= 0.6 is 12.4 Å². The van der Waals surface area contributed by atoms with Crippen LogP contribution in [-0.2, 0) is 4.79 Å². The Labute approximate surface area is 104 Å². The van der Waals surface area contributed by atoms with Crippen molar-refractivity contribution in [1.29, 1.82) is 0 Å². The van der Waals surface area contributed by atoms with Crippen LogP contribution in [0.3, 0.4) is 0 Å². The van der Waals surface area contributed by atoms with Crippen molar-refractivity contribution in [2.45, 2.75) is 51.5 Å². The number of halogens is 1. The van der Waals surface area contributed by atoms with Crippen molar-refractivity contribution in [3.8, 4) is 0 Å². The Morgan fingerprint density at radius 1 is 1.38 bits per heavy atom. The van der Waals surface area contributed by atoms with E-state index in [2.05, 4.69) is 17.6 Å². The van der Waals surface area contributed by atoms with Gasteiger partial charge in [-0.3, -0.25) is 4.79 Å². The lowest BCUT2D eigenvalue weighted by Crippen LogP contribution is -2.45. The summed E-state index contributed by atoms with van der Waals surface area (Å²) in [5, 5.41) is 6.54. The second kappa shape index (κ2) is 5.87. The van der Waals surface area contributed by atoms with Gasteiger partial charge in [0.15, 0.2) is 0 Å². The molecule has 1 heterocycles. The molecule has 0 aromatic rings. The molecule has 1 saturated heterocycles. The Hall–Kier alpha value is -0.280. The van der Waals surface area contributed by atoms with Crippen LogP contribution in [0.4, 0.5) is 0 Å². The lowest BCUT2D eigenvalue weighted by Gasteiger charge is -2.26. The van der Waals surface area contributed by atoms with Crippen molar-refractivity contribution in [1.82, 2.24) is 10.6 Å². The van der Waals surface area contributed by atoms with Gasteiger partial charge in [0.25, 0.3) is 0 Å². The minimum absolute atomic E-state index is 0. The number of nitrogens with one attached hydrogen (secondary N) is 2. The molecule has 0 aromatic heterocycles. The zero-order valence-corrected chi connectivity index (χ0v) is 10.9. The number of piperidine rings is 1. The zero-order valence-electron chi connectivity index (χ0n) is 10.1. The average Bonchev–Trinajstić information content (AvgIpc) is 3.01. The number of rotatable bonds is 4. The normalized spacial score (nSPS) is 23.3. The molecule has 2 N–H and O–H groups in total. The van der Waals surface area contributed by atoms with Crippen molar-refractivity contribution in [3.63, 3.8) is 0 Å². The lowest BCUT2D eigenvalue weighted by atomic mass is 9.98. The van der Waals surface area contributed by atoms with Crippen LogP contribution in [0.15, 0.2) is 0 Å². The minimum atomic E-state index is 0. The Kier molecular flexibility index (Phi) is 5.06. The zero-order chi connectivity index (χ0) is 10.7. The first-order valence-corrected chi connectivity index (χ1v) is 6.28. The number of amides is 1. The van der Waals surface area contributed by atoms with E-state index in [9.17, 15) is 4.79 Å². The van der Waals surface area contributed by atoms with E-state index in [4.69, 9.17) is 0 Å². The largest absolute Gasteiger partial charge is 0.353 e. The molecule has 0 atom stereocenters. The van der Waals surface area contributed by atoms with Gasteiger partial charge >= 0.3 is 0 Å². The van der Waals surface area contributed by atoms with Gasteiger partial charge in [0.1, 0.15) is 0 Å². The maximum absolute atomic E-state index is 12.1. The van der Waals surface area contributed by atoms with E-state index in [0.717, 1.165) is 51.6 Å². The third kappa shape index (κ3) is 3.11. The van der Waals surface area contributed by atoms with E-state index < -0.39 is 0 Å². The van der Waals surface area contributed by atoms with Gasteiger partial charge in [0, 0.05) is 11.5 Å². The van der Waals surface area contributed by atoms with Gasteiger partial charge in [-0.15, -0.1) is 12.4 Å². The molecular formula is C12H23ClN2O. The van der Waals surface area contributed by atoms with E-state index in [1.807, 2.05) is 0 Å². The van der Waals surface area contributed by atoms with Gasteiger partial charge in [0.05, 0.1) is 0 Å². The summed E-state index contributed by atoms with van der Waals surface area (Å²) in [6.07, 6.45) is 6.60. The first kappa shape index (κ1) is 13.8. The van der Waals surface area contributed by atoms with Gasteiger partial charge in [-0.2, -0.15) is 0 Å². The highest BCUT2D eigenvalue weighted by Crippen LogP contribution is 2.49. The Morgan fingerprint density at radius 3 is 2.50 bits per heavy atom. The molecule has 2 aliphatic rings. The lowest BCUT2D eigenvalue weighted by molar-refractivity contribution is -0.127. The van der Waals surface area contributed by atoms with E-state index in [1.54, 1.807) is 0 Å². The number of hydrogen-bond acceptors (Lipinski definition) is 2. The first-order chi connectivity index (χ1) is 7.27. The molecule has 1 saturated carbocycles. The van der Waals surface area contributed by atoms with Gasteiger partial charge in [-0.05, 0) is 45.2 Å². The molecule has 0 unspecified atom stereocenters. The molecule has 16 heavy (non-hydrogen) atoms. The summed E-state index contributed by atoms with van der Waals surface area (Å²) >= 11 is 0. The smallest absolute Gasteiger partial charge is 0.226 e. The molecular weight excluding hydrogens is 224 g/mol. The molecule has 1 aliphatic carbocycles. The van der Waals surface area contributed by atoms with E-state index in [0.29, 0.717) is 11.9 Å². The van der Waals surface area contributed by atoms with Crippen LogP contribution in [0, 0.1) is 5.41 Å². The maximum atomic E-state index is 12.1. The minimum Gasteiger partial charge on any atom is -0.353 e. The van der Waals surface area contributed by atoms with Crippen molar-refractivity contribution < 1.29 is 4.79 Å². The topological polar surface area (TPSA) is 41.1 Å². The van der Waals surface area contributed by atoms with Crippen LogP contribution in [-0.4, -0.2) is 25.0 Å². The van der Waals surface area contributed by atoms with E-state index >= 15 is 0 Å². The van der Waals surface area contributed by atoms with E-state index in [1.165, 1.54) is 0 Å². The predicted octanol–water partition coefficient (Wildman–Crippen LogP) is 1.86. The Morgan fingerprint density at radius 2 is 2.00 bits per heavy atom. The maximum Gasteiger partial charge on any atom is 0.226 e.